The molecule has 0 aromatic carbocycles. The molecule has 1 N–H and O–H groups in total. The lowest BCUT2D eigenvalue weighted by Gasteiger charge is -2.34. The molecule has 0 radical (unpaired) electrons. The van der Waals surface area contributed by atoms with Crippen LogP contribution in [0.15, 0.2) is 0 Å². The van der Waals surface area contributed by atoms with Crippen LogP contribution in [-0.4, -0.2) is 37.0 Å². The second-order valence-electron chi connectivity index (χ2n) is 2.60. The Labute approximate surface area is 66.8 Å². The number of nitrogens with one attached hydrogen (secondary N) is 1. The van der Waals surface area contributed by atoms with Crippen molar-refractivity contribution in [1.82, 2.24) is 10.2 Å². The van der Waals surface area contributed by atoms with Crippen LogP contribution in [0.2, 0.25) is 0 Å². The standard InChI is InChI=1S/C8H12N2O/c1-3-4-8(11)10(2)7-5-9-6-7/h7,9H,5-6H2,1-2H3. The minimum atomic E-state index is -0.0843. The first-order valence-electron chi connectivity index (χ1n) is 3.66. The van der Waals surface area contributed by atoms with Gasteiger partial charge in [-0.3, -0.25) is 4.79 Å². The summed E-state index contributed by atoms with van der Waals surface area (Å²) in [4.78, 5) is 12.8. The Morgan fingerprint density at radius 1 is 1.64 bits per heavy atom. The van der Waals surface area contributed by atoms with Crippen molar-refractivity contribution in [3.63, 3.8) is 0 Å². The normalized spacial score (nSPS) is 16.2. The van der Waals surface area contributed by atoms with Crippen LogP contribution in [0.3, 0.4) is 0 Å². The number of nitrogens with zero attached hydrogens (tertiary/aromatic N) is 1. The van der Waals surface area contributed by atoms with Gasteiger partial charge in [0.15, 0.2) is 0 Å². The van der Waals surface area contributed by atoms with Crippen molar-refractivity contribution in [3.05, 3.63) is 0 Å². The van der Waals surface area contributed by atoms with Crippen molar-refractivity contribution in [2.24, 2.45) is 0 Å². The highest BCUT2D eigenvalue weighted by Gasteiger charge is 2.23. The number of carbonyl (C=O) groups excluding carboxylic acids is 1. The summed E-state index contributed by atoms with van der Waals surface area (Å²) in [5.41, 5.74) is 0. The third kappa shape index (κ3) is 1.72. The molecule has 60 valence electrons. The van der Waals surface area contributed by atoms with Crippen LogP contribution in [-0.2, 0) is 4.79 Å². The molecule has 3 heteroatoms. The van der Waals surface area contributed by atoms with Gasteiger partial charge in [-0.25, -0.2) is 0 Å². The van der Waals surface area contributed by atoms with Crippen molar-refractivity contribution >= 4 is 5.91 Å². The Hall–Kier alpha value is -1.01. The van der Waals surface area contributed by atoms with Crippen LogP contribution < -0.4 is 5.32 Å². The molecular formula is C8H12N2O. The highest BCUT2D eigenvalue weighted by molar-refractivity contribution is 5.93. The minimum Gasteiger partial charge on any atom is -0.329 e. The van der Waals surface area contributed by atoms with Crippen molar-refractivity contribution in [2.75, 3.05) is 20.1 Å². The second kappa shape index (κ2) is 3.40. The summed E-state index contributed by atoms with van der Waals surface area (Å²) in [6, 6.07) is 0.350. The SMILES string of the molecule is CC#CC(=O)N(C)C1CNC1. The molecule has 1 amide bonds. The van der Waals surface area contributed by atoms with Gasteiger partial charge in [-0.15, -0.1) is 0 Å². The number of amides is 1. The maximum absolute atomic E-state index is 11.1. The molecule has 0 unspecified atom stereocenters. The molecule has 11 heavy (non-hydrogen) atoms. The lowest BCUT2D eigenvalue weighted by atomic mass is 10.1. The summed E-state index contributed by atoms with van der Waals surface area (Å²) in [5.74, 6) is 5.01. The molecule has 0 aromatic rings. The lowest BCUT2D eigenvalue weighted by molar-refractivity contribution is -0.126. The van der Waals surface area contributed by atoms with Gasteiger partial charge in [-0.05, 0) is 12.8 Å². The largest absolute Gasteiger partial charge is 0.329 e. The van der Waals surface area contributed by atoms with Gasteiger partial charge in [-0.1, -0.05) is 5.92 Å². The Kier molecular flexibility index (Phi) is 2.50. The van der Waals surface area contributed by atoms with E-state index in [1.165, 1.54) is 0 Å². The van der Waals surface area contributed by atoms with Gasteiger partial charge >= 0.3 is 0 Å². The quantitative estimate of drug-likeness (QED) is 0.511. The third-order valence-corrected chi connectivity index (χ3v) is 1.86. The molecule has 0 saturated carbocycles. The zero-order valence-electron chi connectivity index (χ0n) is 6.85. The van der Waals surface area contributed by atoms with Gasteiger partial charge < -0.3 is 10.2 Å². The van der Waals surface area contributed by atoms with Gasteiger partial charge in [0, 0.05) is 20.1 Å². The van der Waals surface area contributed by atoms with E-state index in [0.717, 1.165) is 13.1 Å². The smallest absolute Gasteiger partial charge is 0.298 e. The van der Waals surface area contributed by atoms with E-state index in [0.29, 0.717) is 6.04 Å². The summed E-state index contributed by atoms with van der Waals surface area (Å²) in [5, 5.41) is 3.10. The Morgan fingerprint density at radius 3 is 2.64 bits per heavy atom. The predicted octanol–water partition coefficient (Wildman–Crippen LogP) is -0.560. The van der Waals surface area contributed by atoms with Crippen molar-refractivity contribution in [1.29, 1.82) is 0 Å². The fraction of sp³-hybridized carbons (Fsp3) is 0.625. The van der Waals surface area contributed by atoms with Crippen molar-refractivity contribution in [2.45, 2.75) is 13.0 Å². The maximum atomic E-state index is 11.1. The predicted molar refractivity (Wildman–Crippen MR) is 42.9 cm³/mol. The Bertz CT molecular complexity index is 210. The molecule has 1 saturated heterocycles. The second-order valence-corrected chi connectivity index (χ2v) is 2.60. The van der Waals surface area contributed by atoms with Crippen molar-refractivity contribution < 1.29 is 4.79 Å². The van der Waals surface area contributed by atoms with E-state index in [-0.39, 0.29) is 5.91 Å². The molecule has 0 aromatic heterocycles. The topological polar surface area (TPSA) is 32.3 Å². The highest BCUT2D eigenvalue weighted by Crippen LogP contribution is 2.00. The van der Waals surface area contributed by atoms with Gasteiger partial charge in [-0.2, -0.15) is 0 Å². The fourth-order valence-electron chi connectivity index (χ4n) is 0.908. The molecule has 1 aliphatic heterocycles. The molecule has 0 spiro atoms. The van der Waals surface area contributed by atoms with Crippen molar-refractivity contribution in [3.8, 4) is 11.8 Å². The van der Waals surface area contributed by atoms with Crippen LogP contribution in [0.4, 0.5) is 0 Å². The number of rotatable bonds is 1. The Balaban J connectivity index is 2.43. The highest BCUT2D eigenvalue weighted by atomic mass is 16.2. The molecule has 1 fully saturated rings. The summed E-state index contributed by atoms with van der Waals surface area (Å²) in [6.45, 7) is 3.46. The average Bonchev–Trinajstić information content (AvgIpc) is 1.84. The van der Waals surface area contributed by atoms with E-state index in [9.17, 15) is 4.79 Å². The average molecular weight is 152 g/mol. The van der Waals surface area contributed by atoms with Gasteiger partial charge in [0.1, 0.15) is 0 Å². The van der Waals surface area contributed by atoms with Crippen LogP contribution in [0.25, 0.3) is 0 Å². The van der Waals surface area contributed by atoms with Crippen LogP contribution in [0, 0.1) is 11.8 Å². The van der Waals surface area contributed by atoms with E-state index in [1.807, 2.05) is 0 Å². The monoisotopic (exact) mass is 152 g/mol. The van der Waals surface area contributed by atoms with Gasteiger partial charge in [0.25, 0.3) is 5.91 Å². The third-order valence-electron chi connectivity index (χ3n) is 1.86. The zero-order valence-corrected chi connectivity index (χ0v) is 6.85. The van der Waals surface area contributed by atoms with E-state index in [2.05, 4.69) is 17.2 Å². The first kappa shape index (κ1) is 8.09. The molecule has 1 aliphatic rings. The number of likely N-dealkylation sites (N-methyl/N-ethyl adjacent to an activating group) is 1. The number of carbonyl (C=O) groups is 1. The number of hydrogen-bond acceptors (Lipinski definition) is 2. The molecule has 3 nitrogen and oxygen atoms in total. The molecule has 1 heterocycles. The van der Waals surface area contributed by atoms with E-state index < -0.39 is 0 Å². The minimum absolute atomic E-state index is 0.0843. The first-order valence-corrected chi connectivity index (χ1v) is 3.66. The van der Waals surface area contributed by atoms with E-state index in [4.69, 9.17) is 0 Å². The van der Waals surface area contributed by atoms with Gasteiger partial charge in [0.05, 0.1) is 6.04 Å². The lowest BCUT2D eigenvalue weighted by Crippen LogP contribution is -2.57. The molecule has 0 atom stereocenters. The fourth-order valence-corrected chi connectivity index (χ4v) is 0.908. The van der Waals surface area contributed by atoms with E-state index in [1.54, 1.807) is 18.9 Å². The molecule has 0 bridgehead atoms. The summed E-state index contributed by atoms with van der Waals surface area (Å²) in [6.07, 6.45) is 0. The zero-order chi connectivity index (χ0) is 8.27. The maximum Gasteiger partial charge on any atom is 0.298 e. The van der Waals surface area contributed by atoms with Crippen LogP contribution in [0.5, 0.6) is 0 Å². The van der Waals surface area contributed by atoms with E-state index >= 15 is 0 Å². The molecule has 1 rings (SSSR count). The summed E-state index contributed by atoms with van der Waals surface area (Å²) in [7, 11) is 1.79. The van der Waals surface area contributed by atoms with Crippen LogP contribution in [0.1, 0.15) is 6.92 Å². The summed E-state index contributed by atoms with van der Waals surface area (Å²) < 4.78 is 0. The Morgan fingerprint density at radius 2 is 2.27 bits per heavy atom. The van der Waals surface area contributed by atoms with Crippen LogP contribution >= 0.6 is 0 Å². The first-order chi connectivity index (χ1) is 5.25. The number of hydrogen-bond donors (Lipinski definition) is 1. The molecular weight excluding hydrogens is 140 g/mol. The van der Waals surface area contributed by atoms with Gasteiger partial charge in [0.2, 0.25) is 0 Å². The summed E-state index contributed by atoms with van der Waals surface area (Å²) >= 11 is 0. The molecule has 0 aliphatic carbocycles.